The summed E-state index contributed by atoms with van der Waals surface area (Å²) in [7, 11) is 4.91. The van der Waals surface area contributed by atoms with E-state index < -0.39 is 11.9 Å². The molecule has 0 bridgehead atoms. The van der Waals surface area contributed by atoms with Crippen LogP contribution in [0.3, 0.4) is 0 Å². The normalized spacial score (nSPS) is 11.6. The predicted octanol–water partition coefficient (Wildman–Crippen LogP) is 3.46. The minimum absolute atomic E-state index is 0.173. The molecule has 0 atom stereocenters. The van der Waals surface area contributed by atoms with E-state index in [1.807, 2.05) is 35.9 Å². The van der Waals surface area contributed by atoms with Gasteiger partial charge in [-0.1, -0.05) is 0 Å². The number of rotatable bonds is 5. The van der Waals surface area contributed by atoms with Crippen LogP contribution in [0, 0.1) is 0 Å². The molecule has 0 radical (unpaired) electrons. The summed E-state index contributed by atoms with van der Waals surface area (Å²) in [5.41, 5.74) is 1.33. The van der Waals surface area contributed by atoms with Gasteiger partial charge in [-0.15, -0.1) is 0 Å². The van der Waals surface area contributed by atoms with Crippen molar-refractivity contribution in [2.45, 2.75) is 12.7 Å². The van der Waals surface area contributed by atoms with Crippen LogP contribution in [0.1, 0.15) is 11.4 Å². The Morgan fingerprint density at radius 2 is 1.85 bits per heavy atom. The van der Waals surface area contributed by atoms with E-state index in [0.717, 1.165) is 23.1 Å². The molecule has 1 aromatic carbocycles. The van der Waals surface area contributed by atoms with Gasteiger partial charge in [-0.3, -0.25) is 4.68 Å². The van der Waals surface area contributed by atoms with Crippen molar-refractivity contribution >= 4 is 5.95 Å². The Balaban J connectivity index is 1.75. The van der Waals surface area contributed by atoms with Gasteiger partial charge in [0.1, 0.15) is 5.75 Å². The third-order valence-electron chi connectivity index (χ3n) is 4.07. The van der Waals surface area contributed by atoms with Crippen LogP contribution in [0.2, 0.25) is 0 Å². The van der Waals surface area contributed by atoms with E-state index in [1.54, 1.807) is 13.3 Å². The highest BCUT2D eigenvalue weighted by molar-refractivity contribution is 5.62. The first-order valence-corrected chi connectivity index (χ1v) is 7.79. The lowest BCUT2D eigenvalue weighted by Gasteiger charge is -2.09. The average Bonchev–Trinajstić information content (AvgIpc) is 3.16. The van der Waals surface area contributed by atoms with Crippen molar-refractivity contribution in [1.82, 2.24) is 19.3 Å². The van der Waals surface area contributed by atoms with E-state index >= 15 is 0 Å². The molecule has 1 N–H and O–H groups in total. The Bertz CT molecular complexity index is 896. The number of nitrogens with zero attached hydrogens (tertiary/aromatic N) is 4. The minimum atomic E-state index is -4.46. The molecule has 0 fully saturated rings. The number of halogens is 3. The molecule has 6 nitrogen and oxygen atoms in total. The van der Waals surface area contributed by atoms with Gasteiger partial charge < -0.3 is 14.6 Å². The maximum Gasteiger partial charge on any atom is 0.435 e. The Morgan fingerprint density at radius 3 is 2.42 bits per heavy atom. The topological polar surface area (TPSA) is 56.9 Å². The molecule has 0 aliphatic heterocycles. The first-order valence-electron chi connectivity index (χ1n) is 7.79. The average molecular weight is 365 g/mol. The number of nitrogens with one attached hydrogen (secondary N) is 1. The quantitative estimate of drug-likeness (QED) is 0.752. The Kier molecular flexibility index (Phi) is 4.62. The Morgan fingerprint density at radius 1 is 1.15 bits per heavy atom. The molecule has 0 aliphatic rings. The van der Waals surface area contributed by atoms with Crippen molar-refractivity contribution in [2.75, 3.05) is 12.4 Å². The van der Waals surface area contributed by atoms with Crippen LogP contribution in [0.5, 0.6) is 5.75 Å². The highest BCUT2D eigenvalue weighted by atomic mass is 19.4. The Labute approximate surface area is 148 Å². The summed E-state index contributed by atoms with van der Waals surface area (Å²) < 4.78 is 46.4. The molecule has 2 aromatic heterocycles. The molecule has 26 heavy (non-hydrogen) atoms. The van der Waals surface area contributed by atoms with Crippen molar-refractivity contribution in [3.8, 4) is 17.0 Å². The zero-order valence-electron chi connectivity index (χ0n) is 14.5. The van der Waals surface area contributed by atoms with Gasteiger partial charge in [-0.25, -0.2) is 4.98 Å². The highest BCUT2D eigenvalue weighted by Crippen LogP contribution is 2.29. The number of ether oxygens (including phenoxy) is 1. The maximum absolute atomic E-state index is 12.7. The summed E-state index contributed by atoms with van der Waals surface area (Å²) in [5.74, 6) is 1.30. The van der Waals surface area contributed by atoms with Crippen LogP contribution in [0.25, 0.3) is 11.3 Å². The van der Waals surface area contributed by atoms with Gasteiger partial charge in [0.25, 0.3) is 0 Å². The summed E-state index contributed by atoms with van der Waals surface area (Å²) in [6.07, 6.45) is -2.75. The summed E-state index contributed by atoms with van der Waals surface area (Å²) in [5, 5.41) is 6.54. The van der Waals surface area contributed by atoms with Crippen molar-refractivity contribution in [1.29, 1.82) is 0 Å². The van der Waals surface area contributed by atoms with Gasteiger partial charge in [0.2, 0.25) is 5.95 Å². The molecule has 2 heterocycles. The van der Waals surface area contributed by atoms with Gasteiger partial charge in [0, 0.05) is 19.7 Å². The smallest absolute Gasteiger partial charge is 0.435 e. The molecule has 3 rings (SSSR count). The number of methoxy groups -OCH3 is 1. The molecule has 0 amide bonds. The fraction of sp³-hybridized carbons (Fsp3) is 0.294. The number of anilines is 1. The fourth-order valence-corrected chi connectivity index (χ4v) is 2.58. The predicted molar refractivity (Wildman–Crippen MR) is 90.7 cm³/mol. The van der Waals surface area contributed by atoms with Crippen molar-refractivity contribution in [3.05, 3.63) is 47.9 Å². The molecule has 0 saturated carbocycles. The van der Waals surface area contributed by atoms with Crippen molar-refractivity contribution < 1.29 is 17.9 Å². The van der Waals surface area contributed by atoms with Gasteiger partial charge in [-0.05, 0) is 30.3 Å². The van der Waals surface area contributed by atoms with Gasteiger partial charge in [0.15, 0.2) is 5.69 Å². The fourth-order valence-electron chi connectivity index (χ4n) is 2.58. The number of benzene rings is 1. The van der Waals surface area contributed by atoms with Crippen LogP contribution in [-0.2, 0) is 26.8 Å². The van der Waals surface area contributed by atoms with Gasteiger partial charge in [0.05, 0.1) is 31.2 Å². The van der Waals surface area contributed by atoms with Crippen LogP contribution in [0.4, 0.5) is 19.1 Å². The van der Waals surface area contributed by atoms with E-state index in [-0.39, 0.29) is 6.54 Å². The number of hydrogen-bond acceptors (Lipinski definition) is 4. The first kappa shape index (κ1) is 17.8. The van der Waals surface area contributed by atoms with Crippen LogP contribution < -0.4 is 10.1 Å². The number of alkyl halides is 3. The van der Waals surface area contributed by atoms with E-state index in [1.165, 1.54) is 11.7 Å². The molecule has 0 saturated heterocycles. The maximum atomic E-state index is 12.7. The van der Waals surface area contributed by atoms with E-state index in [9.17, 15) is 13.2 Å². The van der Waals surface area contributed by atoms with Crippen LogP contribution in [0.15, 0.2) is 36.5 Å². The molecule has 9 heteroatoms. The first-order chi connectivity index (χ1) is 12.3. The third kappa shape index (κ3) is 3.51. The second-order valence-corrected chi connectivity index (χ2v) is 5.75. The zero-order valence-corrected chi connectivity index (χ0v) is 14.5. The SMILES string of the molecule is COc1ccc(-c2cnc(NCc3cc(C(F)(F)F)nn3C)n2C)cc1. The van der Waals surface area contributed by atoms with Crippen LogP contribution in [-0.4, -0.2) is 26.4 Å². The van der Waals surface area contributed by atoms with E-state index in [0.29, 0.717) is 11.6 Å². The lowest BCUT2D eigenvalue weighted by Crippen LogP contribution is -2.09. The number of hydrogen-bond donors (Lipinski definition) is 1. The van der Waals surface area contributed by atoms with Gasteiger partial charge in [-0.2, -0.15) is 18.3 Å². The second-order valence-electron chi connectivity index (χ2n) is 5.75. The molecular formula is C17H18F3N5O. The molecule has 0 spiro atoms. The lowest BCUT2D eigenvalue weighted by molar-refractivity contribution is -0.141. The van der Waals surface area contributed by atoms with Crippen molar-refractivity contribution in [2.24, 2.45) is 14.1 Å². The molecule has 0 aliphatic carbocycles. The second kappa shape index (κ2) is 6.74. The Hall–Kier alpha value is -2.97. The van der Waals surface area contributed by atoms with E-state index in [4.69, 9.17) is 4.74 Å². The van der Waals surface area contributed by atoms with Crippen LogP contribution >= 0.6 is 0 Å². The van der Waals surface area contributed by atoms with E-state index in [2.05, 4.69) is 15.4 Å². The number of aromatic nitrogens is 4. The summed E-state index contributed by atoms with van der Waals surface area (Å²) in [6.45, 7) is 0.173. The van der Waals surface area contributed by atoms with Gasteiger partial charge >= 0.3 is 6.18 Å². The molecule has 138 valence electrons. The van der Waals surface area contributed by atoms with Crippen molar-refractivity contribution in [3.63, 3.8) is 0 Å². The molecular weight excluding hydrogens is 347 g/mol. The zero-order chi connectivity index (χ0) is 18.9. The molecule has 0 unspecified atom stereocenters. The highest BCUT2D eigenvalue weighted by Gasteiger charge is 2.34. The lowest BCUT2D eigenvalue weighted by atomic mass is 10.1. The summed E-state index contributed by atoms with van der Waals surface area (Å²) in [4.78, 5) is 4.30. The summed E-state index contributed by atoms with van der Waals surface area (Å²) in [6, 6.07) is 8.56. The monoisotopic (exact) mass is 365 g/mol. The number of imidazole rings is 1. The minimum Gasteiger partial charge on any atom is -0.497 e. The third-order valence-corrected chi connectivity index (χ3v) is 4.07. The standard InChI is InChI=1S/C17H18F3N5O/c1-24-14(11-4-6-13(26-3)7-5-11)10-22-16(24)21-9-12-8-15(17(18,19)20)23-25(12)2/h4-8,10H,9H2,1-3H3,(H,21,22). The largest absolute Gasteiger partial charge is 0.497 e. The number of aryl methyl sites for hydroxylation is 1. The molecule has 3 aromatic rings. The summed E-state index contributed by atoms with van der Waals surface area (Å²) >= 11 is 0.